The van der Waals surface area contributed by atoms with E-state index in [1.54, 1.807) is 12.3 Å². The average Bonchev–Trinajstić information content (AvgIpc) is 2.58. The molecule has 0 amide bonds. The van der Waals surface area contributed by atoms with Gasteiger partial charge in [0.1, 0.15) is 11.5 Å². The molecular weight excluding hydrogens is 300 g/mol. The van der Waals surface area contributed by atoms with Crippen molar-refractivity contribution in [1.82, 2.24) is 4.90 Å². The minimum atomic E-state index is 0.188. The number of benzene rings is 2. The molecule has 0 bridgehead atoms. The van der Waals surface area contributed by atoms with Crippen LogP contribution in [0.2, 0.25) is 0 Å². The fourth-order valence-electron chi connectivity index (χ4n) is 2.44. The Labute approximate surface area is 144 Å². The lowest BCUT2D eigenvalue weighted by molar-refractivity contribution is 0.307. The van der Waals surface area contributed by atoms with Crippen LogP contribution >= 0.6 is 0 Å². The first kappa shape index (κ1) is 18.0. The molecule has 0 aliphatic rings. The molecule has 0 spiro atoms. The molecule has 2 rings (SSSR count). The predicted molar refractivity (Wildman–Crippen MR) is 99.2 cm³/mol. The molecule has 0 unspecified atom stereocenters. The summed E-state index contributed by atoms with van der Waals surface area (Å²) in [6.07, 6.45) is 2.66. The van der Waals surface area contributed by atoms with Crippen LogP contribution in [-0.4, -0.2) is 43.5 Å². The minimum absolute atomic E-state index is 0.188. The fourth-order valence-corrected chi connectivity index (χ4v) is 2.44. The fraction of sp³-hybridized carbons (Fsp3) is 0.350. The number of aliphatic imine (C=N–C) groups is 1. The summed E-state index contributed by atoms with van der Waals surface area (Å²) in [4.78, 5) is 6.67. The van der Waals surface area contributed by atoms with Crippen molar-refractivity contribution in [3.05, 3.63) is 59.7 Å². The van der Waals surface area contributed by atoms with Crippen molar-refractivity contribution in [3.8, 4) is 11.5 Å². The summed E-state index contributed by atoms with van der Waals surface area (Å²) in [5, 5.41) is 10.1. The van der Waals surface area contributed by atoms with Crippen LogP contribution in [0.1, 0.15) is 30.5 Å². The molecule has 0 aromatic heterocycles. The SMILES string of the molecule is CCCOc1ccc(C=NC[C@H](c2ccccc2)N(C)C)c(O)c1. The van der Waals surface area contributed by atoms with Crippen LogP contribution in [0.25, 0.3) is 0 Å². The van der Waals surface area contributed by atoms with E-state index in [0.717, 1.165) is 6.42 Å². The van der Waals surface area contributed by atoms with Gasteiger partial charge in [-0.15, -0.1) is 0 Å². The van der Waals surface area contributed by atoms with Gasteiger partial charge in [0, 0.05) is 17.8 Å². The van der Waals surface area contributed by atoms with Gasteiger partial charge in [-0.05, 0) is 38.2 Å². The van der Waals surface area contributed by atoms with Crippen molar-refractivity contribution in [2.75, 3.05) is 27.2 Å². The van der Waals surface area contributed by atoms with E-state index in [-0.39, 0.29) is 11.8 Å². The molecule has 0 heterocycles. The molecule has 24 heavy (non-hydrogen) atoms. The van der Waals surface area contributed by atoms with E-state index in [4.69, 9.17) is 4.74 Å². The van der Waals surface area contributed by atoms with Gasteiger partial charge in [0.25, 0.3) is 0 Å². The zero-order valence-electron chi connectivity index (χ0n) is 14.6. The van der Waals surface area contributed by atoms with E-state index in [0.29, 0.717) is 24.5 Å². The van der Waals surface area contributed by atoms with Gasteiger partial charge in [0.05, 0.1) is 19.2 Å². The topological polar surface area (TPSA) is 45.1 Å². The smallest absolute Gasteiger partial charge is 0.128 e. The van der Waals surface area contributed by atoms with Gasteiger partial charge in [0.2, 0.25) is 0 Å². The third kappa shape index (κ3) is 5.10. The van der Waals surface area contributed by atoms with E-state index in [2.05, 4.69) is 28.9 Å². The van der Waals surface area contributed by atoms with E-state index < -0.39 is 0 Å². The Morgan fingerprint density at radius 3 is 2.54 bits per heavy atom. The van der Waals surface area contributed by atoms with Crippen LogP contribution in [-0.2, 0) is 0 Å². The third-order valence-electron chi connectivity index (χ3n) is 3.79. The van der Waals surface area contributed by atoms with E-state index in [1.165, 1.54) is 5.56 Å². The first-order chi connectivity index (χ1) is 11.6. The molecule has 1 N–H and O–H groups in total. The van der Waals surface area contributed by atoms with E-state index in [1.807, 2.05) is 44.4 Å². The number of rotatable bonds is 8. The number of phenols is 1. The number of likely N-dealkylation sites (N-methyl/N-ethyl adjacent to an activating group) is 1. The predicted octanol–water partition coefficient (Wildman–Crippen LogP) is 3.90. The molecule has 1 atom stereocenters. The van der Waals surface area contributed by atoms with E-state index >= 15 is 0 Å². The van der Waals surface area contributed by atoms with Gasteiger partial charge >= 0.3 is 0 Å². The summed E-state index contributed by atoms with van der Waals surface area (Å²) in [7, 11) is 4.09. The molecule has 4 nitrogen and oxygen atoms in total. The summed E-state index contributed by atoms with van der Waals surface area (Å²) < 4.78 is 5.51. The highest BCUT2D eigenvalue weighted by molar-refractivity contribution is 5.83. The van der Waals surface area contributed by atoms with Gasteiger partial charge < -0.3 is 14.7 Å². The molecule has 0 saturated heterocycles. The molecular formula is C20H26N2O2. The summed E-state index contributed by atoms with van der Waals surface area (Å²) in [6.45, 7) is 3.33. The lowest BCUT2D eigenvalue weighted by Gasteiger charge is -2.22. The van der Waals surface area contributed by atoms with Crippen LogP contribution in [0, 0.1) is 0 Å². The van der Waals surface area contributed by atoms with Crippen molar-refractivity contribution >= 4 is 6.21 Å². The molecule has 0 aliphatic carbocycles. The Bertz CT molecular complexity index is 654. The van der Waals surface area contributed by atoms with Crippen molar-refractivity contribution in [2.45, 2.75) is 19.4 Å². The second kappa shape index (κ2) is 9.08. The number of hydrogen-bond donors (Lipinski definition) is 1. The summed E-state index contributed by atoms with van der Waals surface area (Å²) in [6, 6.07) is 15.8. The lowest BCUT2D eigenvalue weighted by atomic mass is 10.1. The number of phenolic OH excluding ortho intramolecular Hbond substituents is 1. The molecule has 2 aromatic carbocycles. The summed E-state index contributed by atoms with van der Waals surface area (Å²) >= 11 is 0. The molecule has 4 heteroatoms. The standard InChI is InChI=1S/C20H26N2O2/c1-4-12-24-18-11-10-17(20(23)13-18)14-21-15-19(22(2)3)16-8-6-5-7-9-16/h5-11,13-14,19,23H,4,12,15H2,1-3H3/t19-/m1/s1. The largest absolute Gasteiger partial charge is 0.507 e. The number of ether oxygens (including phenoxy) is 1. The maximum atomic E-state index is 10.1. The van der Waals surface area contributed by atoms with Crippen molar-refractivity contribution in [1.29, 1.82) is 0 Å². The Morgan fingerprint density at radius 1 is 1.17 bits per heavy atom. The van der Waals surface area contributed by atoms with Gasteiger partial charge in [-0.2, -0.15) is 0 Å². The third-order valence-corrected chi connectivity index (χ3v) is 3.79. The van der Waals surface area contributed by atoms with Gasteiger partial charge in [-0.1, -0.05) is 37.3 Å². The maximum absolute atomic E-state index is 10.1. The van der Waals surface area contributed by atoms with Crippen molar-refractivity contribution in [3.63, 3.8) is 0 Å². The van der Waals surface area contributed by atoms with Crippen LogP contribution in [0.5, 0.6) is 11.5 Å². The van der Waals surface area contributed by atoms with Gasteiger partial charge in [-0.3, -0.25) is 4.99 Å². The first-order valence-electron chi connectivity index (χ1n) is 8.28. The Kier molecular flexibility index (Phi) is 6.82. The molecule has 128 valence electrons. The highest BCUT2D eigenvalue weighted by Gasteiger charge is 2.12. The monoisotopic (exact) mass is 326 g/mol. The average molecular weight is 326 g/mol. The Hall–Kier alpha value is -2.33. The molecule has 0 aliphatic heterocycles. The van der Waals surface area contributed by atoms with Crippen LogP contribution in [0.4, 0.5) is 0 Å². The van der Waals surface area contributed by atoms with Crippen molar-refractivity contribution < 1.29 is 9.84 Å². The van der Waals surface area contributed by atoms with Gasteiger partial charge in [0.15, 0.2) is 0 Å². The number of nitrogens with zero attached hydrogens (tertiary/aromatic N) is 2. The minimum Gasteiger partial charge on any atom is -0.507 e. The zero-order valence-corrected chi connectivity index (χ0v) is 14.6. The summed E-state index contributed by atoms with van der Waals surface area (Å²) in [5.74, 6) is 0.871. The van der Waals surface area contributed by atoms with Crippen LogP contribution in [0.3, 0.4) is 0 Å². The first-order valence-corrected chi connectivity index (χ1v) is 8.28. The zero-order chi connectivity index (χ0) is 17.4. The highest BCUT2D eigenvalue weighted by atomic mass is 16.5. The van der Waals surface area contributed by atoms with E-state index in [9.17, 15) is 5.11 Å². The number of hydrogen-bond acceptors (Lipinski definition) is 4. The molecule has 0 radical (unpaired) electrons. The maximum Gasteiger partial charge on any atom is 0.128 e. The second-order valence-electron chi connectivity index (χ2n) is 5.95. The number of aromatic hydroxyl groups is 1. The molecule has 0 fully saturated rings. The Balaban J connectivity index is 2.04. The normalized spacial score (nSPS) is 12.7. The highest BCUT2D eigenvalue weighted by Crippen LogP contribution is 2.23. The van der Waals surface area contributed by atoms with Crippen LogP contribution in [0.15, 0.2) is 53.5 Å². The van der Waals surface area contributed by atoms with Gasteiger partial charge in [-0.25, -0.2) is 0 Å². The van der Waals surface area contributed by atoms with Crippen molar-refractivity contribution in [2.24, 2.45) is 4.99 Å². The lowest BCUT2D eigenvalue weighted by Crippen LogP contribution is -2.22. The molecule has 2 aromatic rings. The second-order valence-corrected chi connectivity index (χ2v) is 5.95. The van der Waals surface area contributed by atoms with Crippen LogP contribution < -0.4 is 4.74 Å². The quantitative estimate of drug-likeness (QED) is 0.748. The Morgan fingerprint density at radius 2 is 1.92 bits per heavy atom. The molecule has 0 saturated carbocycles. The summed E-state index contributed by atoms with van der Waals surface area (Å²) in [5.41, 5.74) is 1.93.